The van der Waals surface area contributed by atoms with E-state index in [1.807, 2.05) is 0 Å². The number of hydrogen-bond acceptors (Lipinski definition) is 8. The van der Waals surface area contributed by atoms with E-state index in [1.54, 1.807) is 0 Å². The summed E-state index contributed by atoms with van der Waals surface area (Å²) in [4.78, 5) is 0. The van der Waals surface area contributed by atoms with Crippen LogP contribution in [-0.4, -0.2) is 30.7 Å². The summed E-state index contributed by atoms with van der Waals surface area (Å²) in [5, 5.41) is 0. The van der Waals surface area contributed by atoms with Gasteiger partial charge in [-0.05, 0) is 35.2 Å². The van der Waals surface area contributed by atoms with E-state index in [-0.39, 0.29) is 72.3 Å². The molecule has 6 nitrogen and oxygen atoms in total. The Morgan fingerprint density at radius 2 is 1.12 bits per heavy atom. The van der Waals surface area contributed by atoms with Crippen LogP contribution in [0.15, 0.2) is 0 Å². The molecule has 2 unspecified atom stereocenters. The summed E-state index contributed by atoms with van der Waals surface area (Å²) in [5.41, 5.74) is 0. The molecule has 0 aromatic rings. The van der Waals surface area contributed by atoms with Gasteiger partial charge in [0.15, 0.2) is 0 Å². The number of unbranched alkanes of at least 4 members (excludes halogenated alkanes) is 1. The summed E-state index contributed by atoms with van der Waals surface area (Å²) in [5.74, 6) is 0. The summed E-state index contributed by atoms with van der Waals surface area (Å²) < 4.78 is 49.5. The first-order valence-electron chi connectivity index (χ1n) is 3.41. The van der Waals surface area contributed by atoms with Crippen molar-refractivity contribution in [3.63, 3.8) is 0 Å². The summed E-state index contributed by atoms with van der Waals surface area (Å²) in [7, 11) is -7.67. The van der Waals surface area contributed by atoms with Crippen LogP contribution in [0.25, 0.3) is 0 Å². The van der Waals surface area contributed by atoms with Gasteiger partial charge in [0, 0.05) is 0 Å². The first-order valence-corrected chi connectivity index (χ1v) is 8.08. The molecule has 0 rings (SSSR count). The molecule has 0 bridgehead atoms. The van der Waals surface area contributed by atoms with Gasteiger partial charge >= 0.3 is 59.1 Å². The van der Waals surface area contributed by atoms with E-state index in [0.717, 1.165) is 0 Å². The molecule has 0 radical (unpaired) electrons. The average Bonchev–Trinajstić information content (AvgIpc) is 1.92. The monoisotopic (exact) mass is 326 g/mol. The topological polar surface area (TPSA) is 98.7 Å². The quantitative estimate of drug-likeness (QED) is 0.336. The fraction of sp³-hybridized carbons (Fsp3) is 1.00. The Bertz CT molecular complexity index is 315. The van der Waals surface area contributed by atoms with Gasteiger partial charge in [-0.1, -0.05) is 0 Å². The van der Waals surface area contributed by atoms with E-state index in [2.05, 4.69) is 30.7 Å². The van der Waals surface area contributed by atoms with Crippen LogP contribution >= 0.6 is 0 Å². The summed E-state index contributed by atoms with van der Waals surface area (Å²) in [6.07, 6.45) is 0.640. The maximum atomic E-state index is 10.3. The predicted octanol–water partition coefficient (Wildman–Crippen LogP) is -6.61. The fourth-order valence-electron chi connectivity index (χ4n) is 0.526. The molecule has 0 amide bonds. The molecule has 0 fully saturated rings. The van der Waals surface area contributed by atoms with Crippen molar-refractivity contribution >= 4 is 40.5 Å². The maximum Gasteiger partial charge on any atom is 1.00 e. The van der Waals surface area contributed by atoms with Gasteiger partial charge < -0.3 is 9.11 Å². The van der Waals surface area contributed by atoms with Gasteiger partial charge in [0.25, 0.3) is 0 Å². The van der Waals surface area contributed by atoms with Crippen LogP contribution in [0.5, 0.6) is 0 Å². The minimum absolute atomic E-state index is 0. The molecule has 0 aromatic heterocycles. The summed E-state index contributed by atoms with van der Waals surface area (Å²) >= 11 is 7.86. The molecule has 16 heavy (non-hydrogen) atoms. The van der Waals surface area contributed by atoms with Crippen LogP contribution in [0.4, 0.5) is 0 Å². The molecule has 86 valence electrons. The molecule has 0 saturated carbocycles. The van der Waals surface area contributed by atoms with E-state index in [0.29, 0.717) is 12.8 Å². The second-order valence-corrected chi connectivity index (χ2v) is 6.72. The molecule has 0 aliphatic rings. The normalized spacial score (nSPS) is 17.4. The van der Waals surface area contributed by atoms with Gasteiger partial charge in [-0.25, -0.2) is 8.42 Å². The standard InChI is InChI=1S/C4H10O6S4.2Na/c5-13(6,11)9-3-1-2-4-10-14(7,8)12;;/h1-4H2,(H,5,6,11)(H,7,8,12);;/q;2*+1/p-2. The van der Waals surface area contributed by atoms with E-state index in [4.69, 9.17) is 0 Å². The Labute approximate surface area is 149 Å². The molecule has 12 heteroatoms. The molecule has 0 spiro atoms. The van der Waals surface area contributed by atoms with Crippen LogP contribution in [0.3, 0.4) is 0 Å². The van der Waals surface area contributed by atoms with Crippen molar-refractivity contribution in [2.75, 3.05) is 13.2 Å². The Hall–Kier alpha value is 2.58. The minimum Gasteiger partial charge on any atom is -0.748 e. The Morgan fingerprint density at radius 3 is 1.31 bits per heavy atom. The number of hydrogen-bond donors (Lipinski definition) is 0. The third-order valence-electron chi connectivity index (χ3n) is 0.994. The minimum atomic E-state index is -3.84. The van der Waals surface area contributed by atoms with E-state index in [9.17, 15) is 17.5 Å². The first-order chi connectivity index (χ1) is 6.21. The Balaban J connectivity index is -0.000000845. The van der Waals surface area contributed by atoms with Gasteiger partial charge in [-0.2, -0.15) is 0 Å². The van der Waals surface area contributed by atoms with Crippen molar-refractivity contribution in [1.82, 2.24) is 0 Å². The third kappa shape index (κ3) is 21.8. The van der Waals surface area contributed by atoms with Crippen LogP contribution in [0, 0.1) is 0 Å². The van der Waals surface area contributed by atoms with Crippen LogP contribution in [0.1, 0.15) is 12.8 Å². The van der Waals surface area contributed by atoms with Gasteiger partial charge in [-0.15, -0.1) is 0 Å². The average molecular weight is 326 g/mol. The molecule has 0 aromatic carbocycles. The van der Waals surface area contributed by atoms with Crippen LogP contribution < -0.4 is 59.1 Å². The summed E-state index contributed by atoms with van der Waals surface area (Å²) in [6, 6.07) is 0. The van der Waals surface area contributed by atoms with Crippen molar-refractivity contribution in [2.45, 2.75) is 12.8 Å². The van der Waals surface area contributed by atoms with Crippen molar-refractivity contribution in [3.8, 4) is 0 Å². The molecule has 2 atom stereocenters. The molecular weight excluding hydrogens is 318 g/mol. The van der Waals surface area contributed by atoms with E-state index >= 15 is 0 Å². The molecular formula is C4H8Na2O6S4. The van der Waals surface area contributed by atoms with E-state index in [1.165, 1.54) is 0 Å². The largest absolute Gasteiger partial charge is 1.00 e. The zero-order chi connectivity index (χ0) is 11.2. The van der Waals surface area contributed by atoms with Crippen LogP contribution in [0.2, 0.25) is 0 Å². The van der Waals surface area contributed by atoms with Crippen molar-refractivity contribution in [3.05, 3.63) is 0 Å². The SMILES string of the molecule is O=S([O-])(=S)OCCCCOS(=O)([O-])=S.[Na+].[Na+]. The molecule has 0 aliphatic heterocycles. The maximum absolute atomic E-state index is 10.3. The van der Waals surface area contributed by atoms with Gasteiger partial charge in [0.2, 0.25) is 0 Å². The van der Waals surface area contributed by atoms with Gasteiger partial charge in [0.05, 0.1) is 31.3 Å². The van der Waals surface area contributed by atoms with Gasteiger partial charge in [-0.3, -0.25) is 8.37 Å². The zero-order valence-corrected chi connectivity index (χ0v) is 16.2. The second kappa shape index (κ2) is 11.4. The molecule has 0 N–H and O–H groups in total. The smallest absolute Gasteiger partial charge is 0.748 e. The fourth-order valence-corrected chi connectivity index (χ4v) is 1.58. The Kier molecular flexibility index (Phi) is 16.9. The van der Waals surface area contributed by atoms with Crippen molar-refractivity contribution in [2.24, 2.45) is 0 Å². The van der Waals surface area contributed by atoms with Crippen LogP contribution in [-0.2, 0) is 48.8 Å². The van der Waals surface area contributed by atoms with E-state index < -0.39 is 18.1 Å². The Morgan fingerprint density at radius 1 is 0.875 bits per heavy atom. The second-order valence-electron chi connectivity index (χ2n) is 2.17. The molecule has 0 aliphatic carbocycles. The van der Waals surface area contributed by atoms with Crippen molar-refractivity contribution < 1.29 is 85.0 Å². The predicted molar refractivity (Wildman–Crippen MR) is 53.7 cm³/mol. The first kappa shape index (κ1) is 23.7. The number of rotatable bonds is 7. The third-order valence-corrected chi connectivity index (χ3v) is 2.48. The van der Waals surface area contributed by atoms with Crippen molar-refractivity contribution in [1.29, 1.82) is 0 Å². The van der Waals surface area contributed by atoms with Gasteiger partial charge in [0.1, 0.15) is 0 Å². The summed E-state index contributed by atoms with van der Waals surface area (Å²) in [6.45, 7) is -0.181. The zero-order valence-electron chi connectivity index (χ0n) is 8.91. The molecule has 0 heterocycles. The molecule has 0 saturated heterocycles.